The molecule has 0 aliphatic carbocycles. The standard InChI is InChI=1S/C16H21NO2/c1-4-6-13-8-10-14(11-9-13)17-16(19)15(7-5-2)12(3)18/h5,8-11,15H,2,4,6-7H2,1,3H3,(H,17,19). The first-order valence-corrected chi connectivity index (χ1v) is 6.59. The molecule has 1 rings (SSSR count). The molecular weight excluding hydrogens is 238 g/mol. The molecule has 0 heterocycles. The van der Waals surface area contributed by atoms with Gasteiger partial charge in [0.05, 0.1) is 5.92 Å². The largest absolute Gasteiger partial charge is 0.325 e. The summed E-state index contributed by atoms with van der Waals surface area (Å²) in [6, 6.07) is 7.73. The fraction of sp³-hybridized carbons (Fsp3) is 0.375. The maximum absolute atomic E-state index is 12.0. The smallest absolute Gasteiger partial charge is 0.235 e. The van der Waals surface area contributed by atoms with Crippen molar-refractivity contribution in [3.63, 3.8) is 0 Å². The second-order valence-corrected chi connectivity index (χ2v) is 4.62. The van der Waals surface area contributed by atoms with Crippen molar-refractivity contribution < 1.29 is 9.59 Å². The quantitative estimate of drug-likeness (QED) is 0.603. The van der Waals surface area contributed by atoms with Crippen molar-refractivity contribution in [1.29, 1.82) is 0 Å². The maximum Gasteiger partial charge on any atom is 0.235 e. The normalized spacial score (nSPS) is 11.7. The Morgan fingerprint density at radius 1 is 1.32 bits per heavy atom. The number of amides is 1. The van der Waals surface area contributed by atoms with Crippen LogP contribution in [0.2, 0.25) is 0 Å². The lowest BCUT2D eigenvalue weighted by Gasteiger charge is -2.12. The summed E-state index contributed by atoms with van der Waals surface area (Å²) >= 11 is 0. The van der Waals surface area contributed by atoms with E-state index in [2.05, 4.69) is 18.8 Å². The Morgan fingerprint density at radius 2 is 1.95 bits per heavy atom. The van der Waals surface area contributed by atoms with E-state index >= 15 is 0 Å². The number of benzene rings is 1. The van der Waals surface area contributed by atoms with Crippen LogP contribution < -0.4 is 5.32 Å². The van der Waals surface area contributed by atoms with Gasteiger partial charge < -0.3 is 5.32 Å². The van der Waals surface area contributed by atoms with Crippen molar-refractivity contribution in [1.82, 2.24) is 0 Å². The topological polar surface area (TPSA) is 46.2 Å². The molecule has 1 aromatic carbocycles. The second-order valence-electron chi connectivity index (χ2n) is 4.62. The number of nitrogens with one attached hydrogen (secondary N) is 1. The lowest BCUT2D eigenvalue weighted by molar-refractivity contribution is -0.129. The van der Waals surface area contributed by atoms with Crippen molar-refractivity contribution in [2.45, 2.75) is 33.1 Å². The van der Waals surface area contributed by atoms with Crippen LogP contribution in [-0.4, -0.2) is 11.7 Å². The molecule has 0 aliphatic heterocycles. The first-order valence-electron chi connectivity index (χ1n) is 6.59. The molecule has 19 heavy (non-hydrogen) atoms. The highest BCUT2D eigenvalue weighted by Crippen LogP contribution is 2.14. The average molecular weight is 259 g/mol. The molecule has 3 nitrogen and oxygen atoms in total. The van der Waals surface area contributed by atoms with Crippen LogP contribution in [-0.2, 0) is 16.0 Å². The Morgan fingerprint density at radius 3 is 2.42 bits per heavy atom. The van der Waals surface area contributed by atoms with Gasteiger partial charge in [-0.1, -0.05) is 31.6 Å². The van der Waals surface area contributed by atoms with E-state index in [4.69, 9.17) is 0 Å². The molecule has 1 aromatic rings. The number of hydrogen-bond acceptors (Lipinski definition) is 2. The molecule has 1 amide bonds. The molecule has 0 fully saturated rings. The fourth-order valence-electron chi connectivity index (χ4n) is 1.90. The van der Waals surface area contributed by atoms with E-state index in [0.29, 0.717) is 6.42 Å². The number of hydrogen-bond donors (Lipinski definition) is 1. The molecule has 0 aromatic heterocycles. The zero-order valence-corrected chi connectivity index (χ0v) is 11.6. The van der Waals surface area contributed by atoms with Crippen LogP contribution in [0.15, 0.2) is 36.9 Å². The van der Waals surface area contributed by atoms with Gasteiger partial charge in [0.15, 0.2) is 0 Å². The summed E-state index contributed by atoms with van der Waals surface area (Å²) in [5, 5.41) is 2.77. The molecule has 1 unspecified atom stereocenters. The van der Waals surface area contributed by atoms with Gasteiger partial charge in [-0.2, -0.15) is 0 Å². The maximum atomic E-state index is 12.0. The zero-order chi connectivity index (χ0) is 14.3. The SMILES string of the molecule is C=CCC(C(C)=O)C(=O)Nc1ccc(CCC)cc1. The van der Waals surface area contributed by atoms with E-state index in [1.807, 2.05) is 24.3 Å². The Labute approximate surface area is 114 Å². The predicted octanol–water partition coefficient (Wildman–Crippen LogP) is 3.36. The highest BCUT2D eigenvalue weighted by molar-refractivity contribution is 6.06. The number of carbonyl (C=O) groups excluding carboxylic acids is 2. The monoisotopic (exact) mass is 259 g/mol. The second kappa shape index (κ2) is 7.52. The van der Waals surface area contributed by atoms with Crippen molar-refractivity contribution >= 4 is 17.4 Å². The summed E-state index contributed by atoms with van der Waals surface area (Å²) < 4.78 is 0. The highest BCUT2D eigenvalue weighted by atomic mass is 16.2. The molecule has 0 bridgehead atoms. The van der Waals surface area contributed by atoms with Gasteiger partial charge in [-0.15, -0.1) is 6.58 Å². The van der Waals surface area contributed by atoms with Gasteiger partial charge >= 0.3 is 0 Å². The lowest BCUT2D eigenvalue weighted by atomic mass is 10.00. The Kier molecular flexibility index (Phi) is 6.00. The van der Waals surface area contributed by atoms with Crippen LogP contribution in [0, 0.1) is 5.92 Å². The van der Waals surface area contributed by atoms with Gasteiger partial charge in [0.1, 0.15) is 5.78 Å². The third-order valence-corrected chi connectivity index (χ3v) is 2.97. The van der Waals surface area contributed by atoms with Crippen LogP contribution in [0.25, 0.3) is 0 Å². The minimum atomic E-state index is -0.646. The molecule has 102 valence electrons. The van der Waals surface area contributed by atoms with Gasteiger partial charge in [0, 0.05) is 5.69 Å². The molecule has 0 saturated heterocycles. The third kappa shape index (κ3) is 4.70. The molecule has 0 saturated carbocycles. The van der Waals surface area contributed by atoms with Gasteiger partial charge in [0.25, 0.3) is 0 Å². The lowest BCUT2D eigenvalue weighted by Crippen LogP contribution is -2.27. The Bertz CT molecular complexity index is 448. The number of allylic oxidation sites excluding steroid dienone is 1. The molecule has 0 spiro atoms. The van der Waals surface area contributed by atoms with Gasteiger partial charge in [-0.05, 0) is 37.5 Å². The molecule has 3 heteroatoms. The van der Waals surface area contributed by atoms with Gasteiger partial charge in [0.2, 0.25) is 5.91 Å². The number of rotatable bonds is 7. The third-order valence-electron chi connectivity index (χ3n) is 2.97. The molecule has 0 radical (unpaired) electrons. The number of aryl methyl sites for hydroxylation is 1. The van der Waals surface area contributed by atoms with E-state index in [1.54, 1.807) is 6.08 Å². The summed E-state index contributed by atoms with van der Waals surface area (Å²) in [4.78, 5) is 23.4. The zero-order valence-electron chi connectivity index (χ0n) is 11.6. The van der Waals surface area contributed by atoms with Crippen LogP contribution in [0.3, 0.4) is 0 Å². The van der Waals surface area contributed by atoms with E-state index in [9.17, 15) is 9.59 Å². The fourth-order valence-corrected chi connectivity index (χ4v) is 1.90. The number of carbonyl (C=O) groups is 2. The first-order chi connectivity index (χ1) is 9.08. The first kappa shape index (κ1) is 15.2. The van der Waals surface area contributed by atoms with E-state index in [0.717, 1.165) is 18.5 Å². The summed E-state index contributed by atoms with van der Waals surface area (Å²) in [5.41, 5.74) is 1.97. The van der Waals surface area contributed by atoms with E-state index < -0.39 is 5.92 Å². The number of Topliss-reactive ketones (excluding diaryl/α,β-unsaturated/α-hetero) is 1. The van der Waals surface area contributed by atoms with Gasteiger partial charge in [-0.3, -0.25) is 9.59 Å². The highest BCUT2D eigenvalue weighted by Gasteiger charge is 2.21. The minimum Gasteiger partial charge on any atom is -0.325 e. The van der Waals surface area contributed by atoms with Crippen molar-refractivity contribution in [2.75, 3.05) is 5.32 Å². The molecule has 1 atom stereocenters. The minimum absolute atomic E-state index is 0.139. The van der Waals surface area contributed by atoms with Crippen LogP contribution >= 0.6 is 0 Å². The number of anilines is 1. The Hall–Kier alpha value is -1.90. The summed E-state index contributed by atoms with van der Waals surface area (Å²) in [6.07, 6.45) is 4.09. The Balaban J connectivity index is 2.69. The summed E-state index contributed by atoms with van der Waals surface area (Å²) in [6.45, 7) is 7.13. The van der Waals surface area contributed by atoms with Crippen molar-refractivity contribution in [3.05, 3.63) is 42.5 Å². The summed E-state index contributed by atoms with van der Waals surface area (Å²) in [5.74, 6) is -1.05. The van der Waals surface area contributed by atoms with E-state index in [1.165, 1.54) is 12.5 Å². The van der Waals surface area contributed by atoms with Crippen LogP contribution in [0.5, 0.6) is 0 Å². The molecule has 0 aliphatic rings. The molecule has 1 N–H and O–H groups in total. The average Bonchev–Trinajstić information content (AvgIpc) is 2.38. The van der Waals surface area contributed by atoms with E-state index in [-0.39, 0.29) is 11.7 Å². The van der Waals surface area contributed by atoms with Crippen molar-refractivity contribution in [3.8, 4) is 0 Å². The van der Waals surface area contributed by atoms with Crippen molar-refractivity contribution in [2.24, 2.45) is 5.92 Å². The van der Waals surface area contributed by atoms with Gasteiger partial charge in [-0.25, -0.2) is 0 Å². The van der Waals surface area contributed by atoms with Crippen LogP contribution in [0.1, 0.15) is 32.3 Å². The van der Waals surface area contributed by atoms with Crippen LogP contribution in [0.4, 0.5) is 5.69 Å². The molecular formula is C16H21NO2. The number of ketones is 1. The predicted molar refractivity (Wildman–Crippen MR) is 78.1 cm³/mol. The summed E-state index contributed by atoms with van der Waals surface area (Å²) in [7, 11) is 0.